The molecule has 4 nitrogen and oxygen atoms in total. The van der Waals surface area contributed by atoms with E-state index in [1.54, 1.807) is 11.7 Å². The molecule has 0 aliphatic carbocycles. The van der Waals surface area contributed by atoms with Crippen LogP contribution < -0.4 is 0 Å². The highest BCUT2D eigenvalue weighted by atomic mass is 16.5. The number of aryl methyl sites for hydroxylation is 2. The Morgan fingerprint density at radius 3 is 3.00 bits per heavy atom. The molecule has 0 unspecified atom stereocenters. The molecule has 2 heterocycles. The maximum atomic E-state index is 11.9. The summed E-state index contributed by atoms with van der Waals surface area (Å²) < 4.78 is 6.85. The zero-order valence-corrected chi connectivity index (χ0v) is 8.99. The molecule has 80 valence electrons. The lowest BCUT2D eigenvalue weighted by Crippen LogP contribution is -2.09. The molecule has 4 heteroatoms. The topological polar surface area (TPSA) is 44.1 Å². The first-order chi connectivity index (χ1) is 7.22. The van der Waals surface area contributed by atoms with Crippen LogP contribution in [-0.2, 0) is 18.2 Å². The van der Waals surface area contributed by atoms with Crippen LogP contribution >= 0.6 is 0 Å². The van der Waals surface area contributed by atoms with Crippen LogP contribution in [-0.4, -0.2) is 22.2 Å². The normalized spacial score (nSPS) is 14.9. The van der Waals surface area contributed by atoms with Crippen LogP contribution in [0, 0.1) is 0 Å². The Kier molecular flexibility index (Phi) is 2.58. The Labute approximate surface area is 88.5 Å². The fourth-order valence-corrected chi connectivity index (χ4v) is 1.61. The molecule has 1 aromatic heterocycles. The van der Waals surface area contributed by atoms with Gasteiger partial charge in [-0.3, -0.25) is 9.48 Å². The molecule has 0 radical (unpaired) electrons. The molecular formula is C11H14N2O2. The number of ketones is 1. The van der Waals surface area contributed by atoms with E-state index in [1.165, 1.54) is 0 Å². The van der Waals surface area contributed by atoms with Crippen LogP contribution in [0.4, 0.5) is 0 Å². The van der Waals surface area contributed by atoms with Gasteiger partial charge in [-0.15, -0.1) is 0 Å². The van der Waals surface area contributed by atoms with E-state index in [0.717, 1.165) is 18.5 Å². The number of ether oxygens (including phenoxy) is 1. The van der Waals surface area contributed by atoms with Crippen molar-refractivity contribution in [1.82, 2.24) is 9.78 Å². The van der Waals surface area contributed by atoms with E-state index in [9.17, 15) is 4.79 Å². The largest absolute Gasteiger partial charge is 0.489 e. The Morgan fingerprint density at radius 1 is 1.67 bits per heavy atom. The highest BCUT2D eigenvalue weighted by Crippen LogP contribution is 2.16. The minimum Gasteiger partial charge on any atom is -0.489 e. The lowest BCUT2D eigenvalue weighted by molar-refractivity contribution is 0.0933. The quantitative estimate of drug-likeness (QED) is 0.703. The Bertz CT molecular complexity index is 418. The number of hydrogen-bond donors (Lipinski definition) is 0. The van der Waals surface area contributed by atoms with Gasteiger partial charge in [0.05, 0.1) is 12.3 Å². The minimum absolute atomic E-state index is 0.0674. The molecular weight excluding hydrogens is 192 g/mol. The summed E-state index contributed by atoms with van der Waals surface area (Å²) in [7, 11) is 1.78. The molecule has 0 saturated carbocycles. The van der Waals surface area contributed by atoms with Crippen LogP contribution in [0.1, 0.15) is 29.5 Å². The predicted molar refractivity (Wildman–Crippen MR) is 55.6 cm³/mol. The van der Waals surface area contributed by atoms with Crippen molar-refractivity contribution in [3.05, 3.63) is 29.3 Å². The highest BCUT2D eigenvalue weighted by Gasteiger charge is 2.20. The standard InChI is InChI=1S/C11H14N2O2/c1-3-8-7-9(13(2)12-8)11(14)10-5-4-6-15-10/h5,7H,3-4,6H2,1-2H3. The summed E-state index contributed by atoms with van der Waals surface area (Å²) in [4.78, 5) is 11.9. The third kappa shape index (κ3) is 1.79. The minimum atomic E-state index is -0.0674. The Balaban J connectivity index is 2.28. The summed E-state index contributed by atoms with van der Waals surface area (Å²) >= 11 is 0. The van der Waals surface area contributed by atoms with Gasteiger partial charge in [0.15, 0.2) is 5.76 Å². The molecule has 15 heavy (non-hydrogen) atoms. The lowest BCUT2D eigenvalue weighted by atomic mass is 10.2. The molecule has 0 amide bonds. The number of carbonyl (C=O) groups is 1. The van der Waals surface area contributed by atoms with Crippen LogP contribution in [0.15, 0.2) is 17.9 Å². The van der Waals surface area contributed by atoms with Crippen LogP contribution in [0.2, 0.25) is 0 Å². The molecule has 1 aliphatic heterocycles. The van der Waals surface area contributed by atoms with Gasteiger partial charge in [-0.05, 0) is 18.6 Å². The molecule has 1 aliphatic rings. The van der Waals surface area contributed by atoms with Gasteiger partial charge < -0.3 is 4.74 Å². The molecule has 0 saturated heterocycles. The lowest BCUT2D eigenvalue weighted by Gasteiger charge is -2.02. The number of hydrogen-bond acceptors (Lipinski definition) is 3. The van der Waals surface area contributed by atoms with Crippen molar-refractivity contribution in [3.63, 3.8) is 0 Å². The van der Waals surface area contributed by atoms with E-state index in [0.29, 0.717) is 18.1 Å². The molecule has 0 atom stereocenters. The number of rotatable bonds is 3. The molecule has 0 aromatic carbocycles. The average molecular weight is 206 g/mol. The van der Waals surface area contributed by atoms with Gasteiger partial charge in [0, 0.05) is 13.5 Å². The highest BCUT2D eigenvalue weighted by molar-refractivity contribution is 6.06. The summed E-state index contributed by atoms with van der Waals surface area (Å²) in [6, 6.07) is 1.82. The number of carbonyl (C=O) groups excluding carboxylic acids is 1. The molecule has 0 fully saturated rings. The van der Waals surface area contributed by atoms with E-state index in [2.05, 4.69) is 5.10 Å². The first-order valence-electron chi connectivity index (χ1n) is 5.13. The number of aromatic nitrogens is 2. The summed E-state index contributed by atoms with van der Waals surface area (Å²) in [5.74, 6) is 0.392. The molecule has 2 rings (SSSR count). The Hall–Kier alpha value is -1.58. The molecule has 1 aromatic rings. The maximum absolute atomic E-state index is 11.9. The van der Waals surface area contributed by atoms with Crippen LogP contribution in [0.5, 0.6) is 0 Å². The van der Waals surface area contributed by atoms with Crippen LogP contribution in [0.25, 0.3) is 0 Å². The van der Waals surface area contributed by atoms with Crippen molar-refractivity contribution in [2.45, 2.75) is 19.8 Å². The smallest absolute Gasteiger partial charge is 0.245 e. The number of allylic oxidation sites excluding steroid dienone is 1. The van der Waals surface area contributed by atoms with Gasteiger partial charge in [0.1, 0.15) is 5.69 Å². The second-order valence-corrected chi connectivity index (χ2v) is 3.53. The third-order valence-corrected chi connectivity index (χ3v) is 2.45. The number of nitrogens with zero attached hydrogens (tertiary/aromatic N) is 2. The summed E-state index contributed by atoms with van der Waals surface area (Å²) in [5.41, 5.74) is 1.53. The van der Waals surface area contributed by atoms with Gasteiger partial charge >= 0.3 is 0 Å². The summed E-state index contributed by atoms with van der Waals surface area (Å²) in [6.07, 6.45) is 3.49. The maximum Gasteiger partial charge on any atom is 0.245 e. The summed E-state index contributed by atoms with van der Waals surface area (Å²) in [6.45, 7) is 2.63. The van der Waals surface area contributed by atoms with Crippen molar-refractivity contribution in [2.24, 2.45) is 7.05 Å². The number of Topliss-reactive ketones (excluding diaryl/α,β-unsaturated/α-hetero) is 1. The van der Waals surface area contributed by atoms with E-state index >= 15 is 0 Å². The second kappa shape index (κ2) is 3.88. The molecule has 0 N–H and O–H groups in total. The zero-order valence-electron chi connectivity index (χ0n) is 8.99. The van der Waals surface area contributed by atoms with Gasteiger partial charge in [-0.2, -0.15) is 5.10 Å². The second-order valence-electron chi connectivity index (χ2n) is 3.53. The zero-order chi connectivity index (χ0) is 10.8. The van der Waals surface area contributed by atoms with E-state index in [-0.39, 0.29) is 5.78 Å². The van der Waals surface area contributed by atoms with Crippen molar-refractivity contribution >= 4 is 5.78 Å². The van der Waals surface area contributed by atoms with E-state index in [1.807, 2.05) is 19.1 Å². The van der Waals surface area contributed by atoms with E-state index < -0.39 is 0 Å². The van der Waals surface area contributed by atoms with Gasteiger partial charge in [0.25, 0.3) is 0 Å². The first-order valence-corrected chi connectivity index (χ1v) is 5.13. The van der Waals surface area contributed by atoms with Crippen molar-refractivity contribution in [2.75, 3.05) is 6.61 Å². The predicted octanol–water partition coefficient (Wildman–Crippen LogP) is 1.47. The van der Waals surface area contributed by atoms with Gasteiger partial charge in [-0.1, -0.05) is 6.92 Å². The fraction of sp³-hybridized carbons (Fsp3) is 0.455. The third-order valence-electron chi connectivity index (χ3n) is 2.45. The first kappa shape index (κ1) is 9.96. The van der Waals surface area contributed by atoms with Gasteiger partial charge in [0.2, 0.25) is 5.78 Å². The fourth-order valence-electron chi connectivity index (χ4n) is 1.61. The van der Waals surface area contributed by atoms with E-state index in [4.69, 9.17) is 4.74 Å². The molecule has 0 spiro atoms. The van der Waals surface area contributed by atoms with Crippen LogP contribution in [0.3, 0.4) is 0 Å². The SMILES string of the molecule is CCc1cc(C(=O)C2=CCCO2)n(C)n1. The van der Waals surface area contributed by atoms with Gasteiger partial charge in [-0.25, -0.2) is 0 Å². The monoisotopic (exact) mass is 206 g/mol. The Morgan fingerprint density at radius 2 is 2.47 bits per heavy atom. The van der Waals surface area contributed by atoms with Crippen molar-refractivity contribution < 1.29 is 9.53 Å². The van der Waals surface area contributed by atoms with Crippen molar-refractivity contribution in [1.29, 1.82) is 0 Å². The average Bonchev–Trinajstić information content (AvgIpc) is 2.85. The van der Waals surface area contributed by atoms with Crippen molar-refractivity contribution in [3.8, 4) is 0 Å². The summed E-state index contributed by atoms with van der Waals surface area (Å²) in [5, 5.41) is 4.23. The molecule has 0 bridgehead atoms.